The number of hydrogen-bond donors (Lipinski definition) is 0. The van der Waals surface area contributed by atoms with Gasteiger partial charge in [-0.3, -0.25) is 0 Å². The van der Waals surface area contributed by atoms with Crippen LogP contribution in [0.4, 0.5) is 0 Å². The minimum absolute atomic E-state index is 0. The van der Waals surface area contributed by atoms with Gasteiger partial charge in [-0.25, -0.2) is 0 Å². The maximum absolute atomic E-state index is 3.00. The Balaban J connectivity index is 0. The largest absolute Gasteiger partial charge is 1.00 e. The number of rotatable bonds is 2. The molecule has 92 valence electrons. The van der Waals surface area contributed by atoms with Crippen LogP contribution in [0.2, 0.25) is 0 Å². The first kappa shape index (κ1) is 19.5. The molecule has 0 N–H and O–H groups in total. The predicted octanol–water partition coefficient (Wildman–Crippen LogP) is -1.65. The van der Waals surface area contributed by atoms with Crippen LogP contribution >= 0.6 is 0 Å². The molecule has 0 bridgehead atoms. The van der Waals surface area contributed by atoms with E-state index in [-0.39, 0.29) is 24.8 Å². The molecule has 0 aliphatic heterocycles. The second-order valence-electron chi connectivity index (χ2n) is 3.77. The van der Waals surface area contributed by atoms with Crippen LogP contribution in [0.15, 0.2) is 55.3 Å². The Bertz CT molecular complexity index is 328. The summed E-state index contributed by atoms with van der Waals surface area (Å²) >= 11 is -0.587. The maximum atomic E-state index is 3.00. The van der Waals surface area contributed by atoms with Crippen molar-refractivity contribution in [2.45, 2.75) is 26.7 Å². The third-order valence-corrected chi connectivity index (χ3v) is 7.22. The fourth-order valence-electron chi connectivity index (χ4n) is 1.71. The predicted molar refractivity (Wildman–Crippen MR) is 64.2 cm³/mol. The van der Waals surface area contributed by atoms with Gasteiger partial charge in [-0.05, 0) is 0 Å². The summed E-state index contributed by atoms with van der Waals surface area (Å²) in [5.74, 6) is 0. The molecule has 0 saturated heterocycles. The summed E-state index contributed by atoms with van der Waals surface area (Å²) < 4.78 is 3.54. The number of allylic oxidation sites excluding steroid dienone is 8. The zero-order valence-corrected chi connectivity index (χ0v) is 15.5. The summed E-state index contributed by atoms with van der Waals surface area (Å²) in [6.45, 7) is 10.4. The molecule has 0 amide bonds. The average Bonchev–Trinajstić information content (AvgIpc) is 2.80. The number of halogens is 2. The number of hydrogen-bond acceptors (Lipinski definition) is 0. The molecule has 2 rings (SSSR count). The summed E-state index contributed by atoms with van der Waals surface area (Å²) in [4.78, 5) is 0. The molecule has 0 unspecified atom stereocenters. The second-order valence-corrected chi connectivity index (χ2v) is 9.28. The van der Waals surface area contributed by atoms with Gasteiger partial charge in [0.05, 0.1) is 0 Å². The molecular formula is C14H18Cl2Hf. The van der Waals surface area contributed by atoms with Gasteiger partial charge in [0.1, 0.15) is 0 Å². The van der Waals surface area contributed by atoms with Crippen molar-refractivity contribution in [2.24, 2.45) is 0 Å². The molecule has 0 fully saturated rings. The Labute approximate surface area is 129 Å². The molecule has 0 saturated carbocycles. The molecule has 0 atom stereocenters. The van der Waals surface area contributed by atoms with E-state index in [0.717, 1.165) is 0 Å². The molecule has 3 heteroatoms. The van der Waals surface area contributed by atoms with Gasteiger partial charge < -0.3 is 24.8 Å². The van der Waals surface area contributed by atoms with E-state index in [4.69, 9.17) is 0 Å². The Kier molecular flexibility index (Phi) is 11.6. The molecule has 17 heavy (non-hydrogen) atoms. The monoisotopic (exact) mass is 436 g/mol. The van der Waals surface area contributed by atoms with Gasteiger partial charge in [0.15, 0.2) is 0 Å². The zero-order chi connectivity index (χ0) is 11.3. The van der Waals surface area contributed by atoms with Crippen LogP contribution in [0.25, 0.3) is 0 Å². The van der Waals surface area contributed by atoms with Crippen molar-refractivity contribution < 1.29 is 47.7 Å². The van der Waals surface area contributed by atoms with Gasteiger partial charge in [-0.2, -0.15) is 0 Å². The molecule has 0 aromatic carbocycles. The molecular weight excluding hydrogens is 418 g/mol. The molecule has 0 nitrogen and oxygen atoms in total. The van der Waals surface area contributed by atoms with Crippen LogP contribution in [-0.2, 0) is 22.9 Å². The fourth-order valence-corrected chi connectivity index (χ4v) is 6.81. The molecule has 2 aliphatic rings. The molecule has 0 aromatic heterocycles. The quantitative estimate of drug-likeness (QED) is 0.360. The normalized spacial score (nSPS) is 15.9. The summed E-state index contributed by atoms with van der Waals surface area (Å²) in [7, 11) is 0. The Morgan fingerprint density at radius 1 is 0.882 bits per heavy atom. The minimum Gasteiger partial charge on any atom is -1.00 e. The van der Waals surface area contributed by atoms with Crippen molar-refractivity contribution in [3.63, 3.8) is 0 Å². The standard InChI is InChI=1S/2C6H7.C2H4.2ClH.Hf/c2*1-6-4-2-3-5-6;1-2;;;/h2*4-5H,2H2,1H3;1-2H2;2*1H;/q;;;;;+2/p-2. The maximum Gasteiger partial charge on any atom is -1.00 e. The third kappa shape index (κ3) is 6.59. The van der Waals surface area contributed by atoms with E-state index >= 15 is 0 Å². The smallest absolute Gasteiger partial charge is 1.00 e. The van der Waals surface area contributed by atoms with Gasteiger partial charge in [-0.1, -0.05) is 0 Å². The molecule has 0 spiro atoms. The SMILES string of the molecule is C=C.CC1=CC[C]([Hf+2][C]2=CC(C)=CC2)=C1.[Cl-].[Cl-]. The van der Waals surface area contributed by atoms with E-state index in [9.17, 15) is 0 Å². The topological polar surface area (TPSA) is 0 Å². The van der Waals surface area contributed by atoms with Crippen molar-refractivity contribution in [3.05, 3.63) is 55.3 Å². The zero-order valence-electron chi connectivity index (χ0n) is 10.4. The molecule has 0 heterocycles. The van der Waals surface area contributed by atoms with Crippen LogP contribution in [0.3, 0.4) is 0 Å². The Morgan fingerprint density at radius 3 is 1.47 bits per heavy atom. The van der Waals surface area contributed by atoms with Gasteiger partial charge in [0.2, 0.25) is 0 Å². The minimum atomic E-state index is -0.587. The van der Waals surface area contributed by atoms with Crippen molar-refractivity contribution in [1.82, 2.24) is 0 Å². The molecule has 2 aliphatic carbocycles. The van der Waals surface area contributed by atoms with Crippen molar-refractivity contribution in [2.75, 3.05) is 0 Å². The summed E-state index contributed by atoms with van der Waals surface area (Å²) in [5.41, 5.74) is 2.96. The summed E-state index contributed by atoms with van der Waals surface area (Å²) in [6, 6.07) is 0. The van der Waals surface area contributed by atoms with Crippen LogP contribution in [-0.4, -0.2) is 0 Å². The molecule has 0 aromatic rings. The van der Waals surface area contributed by atoms with E-state index in [1.54, 1.807) is 6.66 Å². The van der Waals surface area contributed by atoms with E-state index in [0.29, 0.717) is 0 Å². The van der Waals surface area contributed by atoms with E-state index in [1.807, 2.05) is 0 Å². The van der Waals surface area contributed by atoms with Gasteiger partial charge in [0.25, 0.3) is 0 Å². The fraction of sp³-hybridized carbons (Fsp3) is 0.286. The van der Waals surface area contributed by atoms with Crippen LogP contribution in [0.5, 0.6) is 0 Å². The second kappa shape index (κ2) is 10.1. The van der Waals surface area contributed by atoms with Gasteiger partial charge >= 0.3 is 91.7 Å². The van der Waals surface area contributed by atoms with Crippen molar-refractivity contribution >= 4 is 0 Å². The van der Waals surface area contributed by atoms with Crippen LogP contribution < -0.4 is 24.8 Å². The van der Waals surface area contributed by atoms with Crippen LogP contribution in [0, 0.1) is 0 Å². The van der Waals surface area contributed by atoms with E-state index < -0.39 is 22.9 Å². The van der Waals surface area contributed by atoms with Gasteiger partial charge in [0, 0.05) is 0 Å². The first-order valence-electron chi connectivity index (χ1n) is 5.26. The summed E-state index contributed by atoms with van der Waals surface area (Å²) in [6.07, 6.45) is 12.1. The first-order chi connectivity index (χ1) is 7.24. The average molecular weight is 436 g/mol. The van der Waals surface area contributed by atoms with Crippen LogP contribution in [0.1, 0.15) is 26.7 Å². The van der Waals surface area contributed by atoms with Gasteiger partial charge in [-0.15, -0.1) is 13.2 Å². The molecule has 0 radical (unpaired) electrons. The van der Waals surface area contributed by atoms with E-state index in [1.165, 1.54) is 24.0 Å². The Morgan fingerprint density at radius 2 is 1.24 bits per heavy atom. The Hall–Kier alpha value is 0.150. The van der Waals surface area contributed by atoms with E-state index in [2.05, 4.69) is 51.3 Å². The third-order valence-electron chi connectivity index (χ3n) is 2.41. The van der Waals surface area contributed by atoms with Crippen molar-refractivity contribution in [1.29, 1.82) is 0 Å². The summed E-state index contributed by atoms with van der Waals surface area (Å²) in [5, 5.41) is 0. The van der Waals surface area contributed by atoms with Crippen molar-refractivity contribution in [3.8, 4) is 0 Å². The first-order valence-corrected chi connectivity index (χ1v) is 8.85.